The summed E-state index contributed by atoms with van der Waals surface area (Å²) in [6, 6.07) is 3.83. The molecule has 0 spiro atoms. The van der Waals surface area contributed by atoms with Crippen LogP contribution in [0.3, 0.4) is 0 Å². The van der Waals surface area contributed by atoms with E-state index in [1.165, 1.54) is 0 Å². The van der Waals surface area contributed by atoms with Gasteiger partial charge < -0.3 is 10.1 Å². The molecule has 0 aliphatic carbocycles. The van der Waals surface area contributed by atoms with E-state index >= 15 is 0 Å². The predicted octanol–water partition coefficient (Wildman–Crippen LogP) is 3.30. The fraction of sp³-hybridized carbons (Fsp3) is 0.0769. The quantitative estimate of drug-likeness (QED) is 0.741. The predicted molar refractivity (Wildman–Crippen MR) is 71.1 cm³/mol. The van der Waals surface area contributed by atoms with E-state index in [0.717, 1.165) is 26.9 Å². The van der Waals surface area contributed by atoms with Crippen molar-refractivity contribution in [2.75, 3.05) is 0 Å². The normalized spacial score (nSPS) is 10.9. The number of nitrogens with one attached hydrogen (secondary N) is 1. The smallest absolute Gasteiger partial charge is 0.352 e. The Labute approximate surface area is 107 Å². The Morgan fingerprint density at radius 2 is 2.33 bits per heavy atom. The Bertz CT molecular complexity index is 728. The number of hydrogen-bond acceptors (Lipinski definition) is 3. The van der Waals surface area contributed by atoms with E-state index in [2.05, 4.69) is 9.97 Å². The molecule has 0 atom stereocenters. The number of hydrogen-bond donors (Lipinski definition) is 2. The monoisotopic (exact) mass is 258 g/mol. The molecule has 5 heteroatoms. The van der Waals surface area contributed by atoms with Gasteiger partial charge in [0.1, 0.15) is 5.69 Å². The second kappa shape index (κ2) is 3.96. The van der Waals surface area contributed by atoms with Crippen LogP contribution in [0.4, 0.5) is 0 Å². The number of fused-ring (bicyclic) bond motifs is 1. The van der Waals surface area contributed by atoms with Crippen LogP contribution in [0.5, 0.6) is 0 Å². The highest BCUT2D eigenvalue weighted by molar-refractivity contribution is 7.18. The lowest BCUT2D eigenvalue weighted by Crippen LogP contribution is -1.98. The van der Waals surface area contributed by atoms with Crippen molar-refractivity contribution in [3.05, 3.63) is 41.2 Å². The number of carbonyl (C=O) groups is 1. The number of H-pyrrole nitrogens is 1. The molecule has 0 radical (unpaired) electrons. The van der Waals surface area contributed by atoms with Crippen molar-refractivity contribution in [3.8, 4) is 11.1 Å². The molecule has 3 rings (SSSR count). The van der Waals surface area contributed by atoms with Crippen molar-refractivity contribution in [1.82, 2.24) is 9.97 Å². The van der Waals surface area contributed by atoms with Gasteiger partial charge in [-0.05, 0) is 18.6 Å². The van der Waals surface area contributed by atoms with Crippen LogP contribution in [0, 0.1) is 6.92 Å². The van der Waals surface area contributed by atoms with Gasteiger partial charge in [-0.2, -0.15) is 0 Å². The molecule has 0 aliphatic heterocycles. The molecule has 2 N–H and O–H groups in total. The number of carboxylic acid groups (broad SMARTS) is 1. The average Bonchev–Trinajstić information content (AvgIpc) is 2.91. The Balaban J connectivity index is 2.27. The summed E-state index contributed by atoms with van der Waals surface area (Å²) >= 11 is 1.55. The minimum absolute atomic E-state index is 0.266. The lowest BCUT2D eigenvalue weighted by atomic mass is 10.1. The lowest BCUT2D eigenvalue weighted by Gasteiger charge is -1.96. The number of thiophene rings is 1. The van der Waals surface area contributed by atoms with Gasteiger partial charge in [-0.15, -0.1) is 11.3 Å². The van der Waals surface area contributed by atoms with Crippen molar-refractivity contribution in [1.29, 1.82) is 0 Å². The highest BCUT2D eigenvalue weighted by Gasteiger charge is 2.17. The van der Waals surface area contributed by atoms with E-state index in [1.807, 2.05) is 24.4 Å². The third-order valence-corrected chi connectivity index (χ3v) is 4.04. The fourth-order valence-corrected chi connectivity index (χ4v) is 3.09. The third kappa shape index (κ3) is 1.52. The van der Waals surface area contributed by atoms with Crippen molar-refractivity contribution >= 4 is 27.5 Å². The van der Waals surface area contributed by atoms with Crippen LogP contribution >= 0.6 is 11.3 Å². The van der Waals surface area contributed by atoms with Crippen molar-refractivity contribution in [3.63, 3.8) is 0 Å². The standard InChI is InChI=1S/C13H10N2O2S/c1-7-10(13(16)17)15-11-9(6-18-12(7)11)8-3-2-4-14-5-8/h2-6,15H,1H3,(H,16,17). The molecule has 0 saturated heterocycles. The zero-order valence-electron chi connectivity index (χ0n) is 9.60. The number of rotatable bonds is 2. The Morgan fingerprint density at radius 3 is 3.00 bits per heavy atom. The fourth-order valence-electron chi connectivity index (χ4n) is 2.04. The summed E-state index contributed by atoms with van der Waals surface area (Å²) in [5, 5.41) is 11.1. The van der Waals surface area contributed by atoms with Crippen LogP contribution < -0.4 is 0 Å². The average molecular weight is 258 g/mol. The largest absolute Gasteiger partial charge is 0.477 e. The first kappa shape index (κ1) is 11.0. The maximum Gasteiger partial charge on any atom is 0.352 e. The number of carboxylic acids is 1. The summed E-state index contributed by atoms with van der Waals surface area (Å²) < 4.78 is 0.992. The Morgan fingerprint density at radius 1 is 1.50 bits per heavy atom. The summed E-state index contributed by atoms with van der Waals surface area (Å²) in [4.78, 5) is 18.2. The van der Waals surface area contributed by atoms with Gasteiger partial charge in [0.25, 0.3) is 0 Å². The zero-order valence-corrected chi connectivity index (χ0v) is 10.4. The molecule has 90 valence electrons. The van der Waals surface area contributed by atoms with E-state index in [-0.39, 0.29) is 5.69 Å². The molecule has 3 aromatic heterocycles. The SMILES string of the molecule is Cc1c(C(=O)O)[nH]c2c(-c3cccnc3)csc12. The molecule has 0 aliphatic rings. The molecular formula is C13H10N2O2S. The number of aryl methyl sites for hydroxylation is 1. The summed E-state index contributed by atoms with van der Waals surface area (Å²) in [6.07, 6.45) is 3.49. The number of aromatic amines is 1. The number of aromatic carboxylic acids is 1. The van der Waals surface area contributed by atoms with Crippen molar-refractivity contribution in [2.45, 2.75) is 6.92 Å². The van der Waals surface area contributed by atoms with Crippen molar-refractivity contribution in [2.24, 2.45) is 0 Å². The van der Waals surface area contributed by atoms with Crippen LogP contribution in [0.25, 0.3) is 21.3 Å². The van der Waals surface area contributed by atoms with Gasteiger partial charge in [0.15, 0.2) is 0 Å². The molecule has 0 unspecified atom stereocenters. The highest BCUT2D eigenvalue weighted by atomic mass is 32.1. The van der Waals surface area contributed by atoms with Gasteiger partial charge in [0, 0.05) is 28.9 Å². The molecule has 0 saturated carbocycles. The molecule has 3 aromatic rings. The summed E-state index contributed by atoms with van der Waals surface area (Å²) in [5.74, 6) is -0.923. The number of nitrogens with zero attached hydrogens (tertiary/aromatic N) is 1. The van der Waals surface area contributed by atoms with Crippen LogP contribution in [0.1, 0.15) is 16.1 Å². The molecule has 18 heavy (non-hydrogen) atoms. The third-order valence-electron chi connectivity index (χ3n) is 2.94. The molecule has 0 amide bonds. The molecular weight excluding hydrogens is 248 g/mol. The van der Waals surface area contributed by atoms with Gasteiger partial charge in [-0.25, -0.2) is 4.79 Å². The molecule has 3 heterocycles. The minimum Gasteiger partial charge on any atom is -0.477 e. The van der Waals surface area contributed by atoms with Crippen LogP contribution in [0.2, 0.25) is 0 Å². The summed E-state index contributed by atoms with van der Waals surface area (Å²) in [7, 11) is 0. The van der Waals surface area contributed by atoms with Gasteiger partial charge in [-0.3, -0.25) is 4.98 Å². The molecule has 4 nitrogen and oxygen atoms in total. The maximum absolute atomic E-state index is 11.1. The minimum atomic E-state index is -0.923. The summed E-state index contributed by atoms with van der Waals surface area (Å²) in [5.41, 5.74) is 3.92. The zero-order chi connectivity index (χ0) is 12.7. The van der Waals surface area contributed by atoms with Crippen molar-refractivity contribution < 1.29 is 9.90 Å². The number of pyridine rings is 1. The first-order chi connectivity index (χ1) is 8.68. The summed E-state index contributed by atoms with van der Waals surface area (Å²) in [6.45, 7) is 1.83. The van der Waals surface area contributed by atoms with Gasteiger partial charge in [0.05, 0.1) is 10.2 Å². The van der Waals surface area contributed by atoms with Crippen LogP contribution in [-0.4, -0.2) is 21.0 Å². The van der Waals surface area contributed by atoms with E-state index in [9.17, 15) is 4.79 Å². The Kier molecular flexibility index (Phi) is 2.41. The van der Waals surface area contributed by atoms with E-state index in [4.69, 9.17) is 5.11 Å². The highest BCUT2D eigenvalue weighted by Crippen LogP contribution is 2.36. The lowest BCUT2D eigenvalue weighted by molar-refractivity contribution is 0.0691. The van der Waals surface area contributed by atoms with Gasteiger partial charge in [-0.1, -0.05) is 6.07 Å². The van der Waals surface area contributed by atoms with Gasteiger partial charge >= 0.3 is 5.97 Å². The second-order valence-corrected chi connectivity index (χ2v) is 4.91. The van der Waals surface area contributed by atoms with Crippen LogP contribution in [0.15, 0.2) is 29.9 Å². The molecule has 0 bridgehead atoms. The molecule has 0 fully saturated rings. The second-order valence-electron chi connectivity index (χ2n) is 4.03. The number of aromatic nitrogens is 2. The maximum atomic E-state index is 11.1. The Hall–Kier alpha value is -2.14. The van der Waals surface area contributed by atoms with Crippen LogP contribution in [-0.2, 0) is 0 Å². The van der Waals surface area contributed by atoms with Gasteiger partial charge in [0.2, 0.25) is 0 Å². The first-order valence-corrected chi connectivity index (χ1v) is 6.30. The topological polar surface area (TPSA) is 66.0 Å². The van der Waals surface area contributed by atoms with E-state index in [0.29, 0.717) is 0 Å². The van der Waals surface area contributed by atoms with E-state index < -0.39 is 5.97 Å². The molecule has 0 aromatic carbocycles. The first-order valence-electron chi connectivity index (χ1n) is 5.42. The van der Waals surface area contributed by atoms with E-state index in [1.54, 1.807) is 23.7 Å².